The number of halogens is 1. The van der Waals surface area contributed by atoms with Crippen molar-refractivity contribution in [1.82, 2.24) is 15.6 Å². The molecular weight excluding hydrogens is 403 g/mol. The van der Waals surface area contributed by atoms with Crippen LogP contribution in [0.3, 0.4) is 0 Å². The second-order valence-electron chi connectivity index (χ2n) is 8.34. The first kappa shape index (κ1) is 19.6. The van der Waals surface area contributed by atoms with Crippen LogP contribution in [0.5, 0.6) is 0 Å². The van der Waals surface area contributed by atoms with Crippen LogP contribution in [0.1, 0.15) is 19.4 Å². The number of nitrogens with zero attached hydrogens (tertiary/aromatic N) is 2. The molecule has 2 fully saturated rings. The van der Waals surface area contributed by atoms with Gasteiger partial charge in [0.15, 0.2) is 5.41 Å². The standard InChI is InChI=1S/C22H21FN4O4/c1-11-10-27-17-6-3-13(16-5-4-15(23)9-24-16)7-14(17)8-22(18(27)12(2)31-11)19(28)25-21(30)26-20(22)29/h3-7,9,11-12,18H,8,10H2,1-2H3,(H2,25,26,28,29,30)/t11-,12+,18-/m1/s1. The highest BCUT2D eigenvalue weighted by molar-refractivity contribution is 6.20. The zero-order chi connectivity index (χ0) is 21.9. The minimum absolute atomic E-state index is 0.103. The molecule has 4 amide bonds. The minimum Gasteiger partial charge on any atom is -0.372 e. The molecule has 0 saturated carbocycles. The smallest absolute Gasteiger partial charge is 0.328 e. The summed E-state index contributed by atoms with van der Waals surface area (Å²) in [6, 6.07) is 7.22. The highest BCUT2D eigenvalue weighted by Gasteiger charge is 2.62. The molecule has 5 rings (SSSR count). The van der Waals surface area contributed by atoms with E-state index >= 15 is 0 Å². The number of urea groups is 1. The van der Waals surface area contributed by atoms with Gasteiger partial charge >= 0.3 is 6.03 Å². The molecule has 31 heavy (non-hydrogen) atoms. The van der Waals surface area contributed by atoms with Crippen molar-refractivity contribution in [2.24, 2.45) is 5.41 Å². The topological polar surface area (TPSA) is 101 Å². The van der Waals surface area contributed by atoms with E-state index in [1.807, 2.05) is 36.9 Å². The van der Waals surface area contributed by atoms with E-state index in [-0.39, 0.29) is 12.5 Å². The minimum atomic E-state index is -1.52. The van der Waals surface area contributed by atoms with E-state index in [2.05, 4.69) is 15.6 Å². The Morgan fingerprint density at radius 2 is 1.87 bits per heavy atom. The first-order valence-corrected chi connectivity index (χ1v) is 10.1. The van der Waals surface area contributed by atoms with Gasteiger partial charge in [-0.15, -0.1) is 0 Å². The lowest BCUT2D eigenvalue weighted by molar-refractivity contribution is -0.153. The number of carbonyl (C=O) groups excluding carboxylic acids is 3. The third-order valence-electron chi connectivity index (χ3n) is 6.33. The molecular formula is C22H21FN4O4. The maximum atomic E-state index is 13.3. The van der Waals surface area contributed by atoms with E-state index in [9.17, 15) is 18.8 Å². The molecule has 2 N–H and O–H groups in total. The zero-order valence-corrected chi connectivity index (χ0v) is 17.0. The van der Waals surface area contributed by atoms with Gasteiger partial charge in [-0.05, 0) is 50.1 Å². The van der Waals surface area contributed by atoms with Gasteiger partial charge in [0.1, 0.15) is 5.82 Å². The number of rotatable bonds is 1. The quantitative estimate of drug-likeness (QED) is 0.677. The number of nitrogens with one attached hydrogen (secondary N) is 2. The number of aromatic nitrogens is 1. The summed E-state index contributed by atoms with van der Waals surface area (Å²) in [7, 11) is 0. The highest BCUT2D eigenvalue weighted by atomic mass is 19.1. The van der Waals surface area contributed by atoms with Crippen molar-refractivity contribution in [2.45, 2.75) is 38.5 Å². The van der Waals surface area contributed by atoms with E-state index in [4.69, 9.17) is 4.74 Å². The van der Waals surface area contributed by atoms with Crippen LogP contribution in [-0.4, -0.2) is 47.6 Å². The van der Waals surface area contributed by atoms with E-state index in [0.29, 0.717) is 12.2 Å². The van der Waals surface area contributed by atoms with Crippen molar-refractivity contribution in [1.29, 1.82) is 0 Å². The Hall–Kier alpha value is -3.33. The Kier molecular flexibility index (Phi) is 4.33. The number of pyridine rings is 1. The third-order valence-corrected chi connectivity index (χ3v) is 6.33. The molecule has 8 nitrogen and oxygen atoms in total. The first-order chi connectivity index (χ1) is 14.8. The number of imide groups is 2. The largest absolute Gasteiger partial charge is 0.372 e. The van der Waals surface area contributed by atoms with E-state index < -0.39 is 41.2 Å². The average molecular weight is 424 g/mol. The normalized spacial score (nSPS) is 26.7. The number of ether oxygens (including phenoxy) is 1. The molecule has 2 aromatic rings. The molecule has 3 atom stereocenters. The molecule has 0 aliphatic carbocycles. The molecule has 2 saturated heterocycles. The number of anilines is 1. The SMILES string of the molecule is C[C@@H]1CN2c3ccc(-c4ccc(F)cn4)cc3CC3(C(=O)NC(=O)NC3=O)[C@H]2[C@H](C)O1. The second kappa shape index (κ2) is 6.84. The lowest BCUT2D eigenvalue weighted by atomic mass is 9.66. The Morgan fingerprint density at radius 1 is 1.13 bits per heavy atom. The zero-order valence-electron chi connectivity index (χ0n) is 17.0. The lowest BCUT2D eigenvalue weighted by Gasteiger charge is -2.55. The van der Waals surface area contributed by atoms with Gasteiger partial charge < -0.3 is 9.64 Å². The van der Waals surface area contributed by atoms with Crippen molar-refractivity contribution < 1.29 is 23.5 Å². The van der Waals surface area contributed by atoms with Gasteiger partial charge in [-0.25, -0.2) is 9.18 Å². The Balaban J connectivity index is 1.66. The molecule has 4 heterocycles. The van der Waals surface area contributed by atoms with Crippen LogP contribution < -0.4 is 15.5 Å². The molecule has 3 aliphatic heterocycles. The van der Waals surface area contributed by atoms with Crippen LogP contribution in [0.2, 0.25) is 0 Å². The van der Waals surface area contributed by atoms with Crippen LogP contribution in [0.4, 0.5) is 14.9 Å². The summed E-state index contributed by atoms with van der Waals surface area (Å²) in [6.45, 7) is 4.27. The maximum absolute atomic E-state index is 13.3. The summed E-state index contributed by atoms with van der Waals surface area (Å²) in [5, 5.41) is 4.54. The summed E-state index contributed by atoms with van der Waals surface area (Å²) >= 11 is 0. The number of hydrogen-bond acceptors (Lipinski definition) is 6. The summed E-state index contributed by atoms with van der Waals surface area (Å²) < 4.78 is 19.3. The van der Waals surface area contributed by atoms with Crippen molar-refractivity contribution in [3.63, 3.8) is 0 Å². The van der Waals surface area contributed by atoms with Crippen molar-refractivity contribution in [3.05, 3.63) is 47.9 Å². The second-order valence-corrected chi connectivity index (χ2v) is 8.34. The van der Waals surface area contributed by atoms with Gasteiger partial charge in [0.05, 0.1) is 30.1 Å². The van der Waals surface area contributed by atoms with Gasteiger partial charge in [-0.2, -0.15) is 0 Å². The molecule has 9 heteroatoms. The predicted octanol–water partition coefficient (Wildman–Crippen LogP) is 1.78. The molecule has 1 spiro atoms. The van der Waals surface area contributed by atoms with Crippen LogP contribution in [0, 0.1) is 11.2 Å². The number of barbiturate groups is 1. The number of morpholine rings is 1. The lowest BCUT2D eigenvalue weighted by Crippen LogP contribution is -2.75. The number of hydrogen-bond donors (Lipinski definition) is 2. The number of carbonyl (C=O) groups is 3. The predicted molar refractivity (Wildman–Crippen MR) is 109 cm³/mol. The van der Waals surface area contributed by atoms with Crippen molar-refractivity contribution in [2.75, 3.05) is 11.4 Å². The fourth-order valence-electron chi connectivity index (χ4n) is 5.15. The summed E-state index contributed by atoms with van der Waals surface area (Å²) in [4.78, 5) is 44.2. The van der Waals surface area contributed by atoms with Gasteiger partial charge in [0.2, 0.25) is 11.8 Å². The van der Waals surface area contributed by atoms with Crippen molar-refractivity contribution in [3.8, 4) is 11.3 Å². The van der Waals surface area contributed by atoms with E-state index in [0.717, 1.165) is 23.0 Å². The highest BCUT2D eigenvalue weighted by Crippen LogP contribution is 2.47. The average Bonchev–Trinajstić information content (AvgIpc) is 2.71. The molecule has 3 aliphatic rings. The Bertz CT molecular complexity index is 1080. The third kappa shape index (κ3) is 2.91. The molecule has 1 aromatic heterocycles. The maximum Gasteiger partial charge on any atom is 0.328 e. The van der Waals surface area contributed by atoms with Crippen LogP contribution in [-0.2, 0) is 20.7 Å². The van der Waals surface area contributed by atoms with Gasteiger partial charge in [-0.1, -0.05) is 6.07 Å². The first-order valence-electron chi connectivity index (χ1n) is 10.1. The molecule has 0 unspecified atom stereocenters. The van der Waals surface area contributed by atoms with Gasteiger partial charge in [0, 0.05) is 17.8 Å². The van der Waals surface area contributed by atoms with Crippen molar-refractivity contribution >= 4 is 23.5 Å². The van der Waals surface area contributed by atoms with E-state index in [1.165, 1.54) is 6.07 Å². The fraction of sp³-hybridized carbons (Fsp3) is 0.364. The summed E-state index contributed by atoms with van der Waals surface area (Å²) in [5.41, 5.74) is 1.49. The van der Waals surface area contributed by atoms with E-state index in [1.54, 1.807) is 6.07 Å². The summed E-state index contributed by atoms with van der Waals surface area (Å²) in [6.07, 6.45) is 0.723. The number of benzene rings is 1. The van der Waals surface area contributed by atoms with Gasteiger partial charge in [0.25, 0.3) is 0 Å². The van der Waals surface area contributed by atoms with Crippen LogP contribution >= 0.6 is 0 Å². The monoisotopic (exact) mass is 424 g/mol. The Labute approximate surface area is 177 Å². The molecule has 160 valence electrons. The fourth-order valence-corrected chi connectivity index (χ4v) is 5.15. The van der Waals surface area contributed by atoms with Crippen LogP contribution in [0.25, 0.3) is 11.3 Å². The number of amides is 4. The number of fused-ring (bicyclic) bond motifs is 4. The Morgan fingerprint density at radius 3 is 2.55 bits per heavy atom. The molecule has 0 bridgehead atoms. The van der Waals surface area contributed by atoms with Crippen LogP contribution in [0.15, 0.2) is 36.5 Å². The molecule has 1 aromatic carbocycles. The molecule has 0 radical (unpaired) electrons. The van der Waals surface area contributed by atoms with Gasteiger partial charge in [-0.3, -0.25) is 25.2 Å². The summed E-state index contributed by atoms with van der Waals surface area (Å²) in [5.74, 6) is -1.69.